The maximum absolute atomic E-state index is 9.99. The fourth-order valence-corrected chi connectivity index (χ4v) is 5.88. The molecule has 2 aromatic rings. The van der Waals surface area contributed by atoms with Gasteiger partial charge in [0.05, 0.1) is 47.4 Å². The van der Waals surface area contributed by atoms with Crippen molar-refractivity contribution in [2.45, 2.75) is 31.5 Å². The summed E-state index contributed by atoms with van der Waals surface area (Å²) in [5, 5.41) is 20.4. The minimum Gasteiger partial charge on any atom is -0.484 e. The lowest BCUT2D eigenvalue weighted by molar-refractivity contribution is -0.0820. The van der Waals surface area contributed by atoms with E-state index in [2.05, 4.69) is 19.8 Å². The second-order valence-corrected chi connectivity index (χ2v) is 11.7. The molecule has 0 aliphatic carbocycles. The van der Waals surface area contributed by atoms with E-state index >= 15 is 0 Å². The summed E-state index contributed by atoms with van der Waals surface area (Å²) in [7, 11) is 3.13. The van der Waals surface area contributed by atoms with Gasteiger partial charge >= 0.3 is 0 Å². The number of β-amino-alcohol motifs (C(OH)–C–C–N with tert-alkyl or cyclic N) is 2. The van der Waals surface area contributed by atoms with E-state index < -0.39 is 5.60 Å². The molecular weight excluding hydrogens is 591 g/mol. The first-order valence-corrected chi connectivity index (χ1v) is 14.8. The number of hydrogen-bond acceptors (Lipinski definition) is 10. The molecule has 10 nitrogen and oxygen atoms in total. The molecule has 0 radical (unpaired) electrons. The molecule has 0 unspecified atom stereocenters. The first-order chi connectivity index (χ1) is 20.6. The van der Waals surface area contributed by atoms with Crippen LogP contribution in [0.5, 0.6) is 0 Å². The third-order valence-corrected chi connectivity index (χ3v) is 8.28. The summed E-state index contributed by atoms with van der Waals surface area (Å²) >= 11 is 13.9. The van der Waals surface area contributed by atoms with Gasteiger partial charge in [0.1, 0.15) is 0 Å². The Morgan fingerprint density at radius 1 is 0.884 bits per heavy atom. The van der Waals surface area contributed by atoms with Crippen LogP contribution in [0.2, 0.25) is 10.0 Å². The van der Waals surface area contributed by atoms with Gasteiger partial charge < -0.3 is 31.2 Å². The molecule has 2 aliphatic heterocycles. The number of benzene rings is 2. The second kappa shape index (κ2) is 14.6. The van der Waals surface area contributed by atoms with Gasteiger partial charge in [-0.25, -0.2) is 9.98 Å². The molecule has 0 amide bonds. The summed E-state index contributed by atoms with van der Waals surface area (Å²) in [4.78, 5) is 13.6. The van der Waals surface area contributed by atoms with Gasteiger partial charge in [-0.15, -0.1) is 0 Å². The van der Waals surface area contributed by atoms with Gasteiger partial charge in [-0.3, -0.25) is 9.80 Å². The Balaban J connectivity index is 1.57. The Labute approximate surface area is 262 Å². The van der Waals surface area contributed by atoms with Gasteiger partial charge in [0, 0.05) is 86.8 Å². The van der Waals surface area contributed by atoms with Crippen molar-refractivity contribution in [2.24, 2.45) is 21.5 Å². The van der Waals surface area contributed by atoms with Crippen molar-refractivity contribution >= 4 is 46.4 Å². The van der Waals surface area contributed by atoms with Gasteiger partial charge in [-0.05, 0) is 6.92 Å². The van der Waals surface area contributed by atoms with Crippen LogP contribution in [-0.2, 0) is 9.47 Å². The van der Waals surface area contributed by atoms with Gasteiger partial charge in [-0.1, -0.05) is 59.6 Å². The topological polar surface area (TPSA) is 142 Å². The van der Waals surface area contributed by atoms with Crippen molar-refractivity contribution in [3.63, 3.8) is 0 Å². The molecular formula is C31H40Cl2N6O4. The number of methoxy groups -OCH3 is 2. The highest BCUT2D eigenvalue weighted by Gasteiger charge is 2.36. The van der Waals surface area contributed by atoms with E-state index in [1.54, 1.807) is 14.2 Å². The molecule has 0 atom stereocenters. The third kappa shape index (κ3) is 8.08. The molecule has 232 valence electrons. The van der Waals surface area contributed by atoms with Crippen LogP contribution in [0.25, 0.3) is 22.5 Å². The summed E-state index contributed by atoms with van der Waals surface area (Å²) in [6.45, 7) is 5.74. The lowest BCUT2D eigenvalue weighted by Gasteiger charge is -2.44. The van der Waals surface area contributed by atoms with Crippen LogP contribution in [0.3, 0.4) is 0 Å². The van der Waals surface area contributed by atoms with Crippen LogP contribution in [0.15, 0.2) is 58.8 Å². The van der Waals surface area contributed by atoms with Crippen molar-refractivity contribution in [1.29, 1.82) is 0 Å². The average molecular weight is 632 g/mol. The van der Waals surface area contributed by atoms with Crippen molar-refractivity contribution in [2.75, 3.05) is 53.5 Å². The Morgan fingerprint density at radius 2 is 1.33 bits per heavy atom. The molecule has 2 aromatic carbocycles. The summed E-state index contributed by atoms with van der Waals surface area (Å²) in [6.07, 6.45) is 3.63. The lowest BCUT2D eigenvalue weighted by atomic mass is 9.97. The first kappa shape index (κ1) is 32.8. The number of rotatable bonds is 11. The molecule has 4 rings (SSSR count). The number of nitrogens with zero attached hydrogens (tertiary/aromatic N) is 4. The molecule has 0 spiro atoms. The quantitative estimate of drug-likeness (QED) is 0.217. The fraction of sp³-hybridized carbons (Fsp3) is 0.419. The molecule has 12 heteroatoms. The highest BCUT2D eigenvalue weighted by atomic mass is 35.5. The third-order valence-electron chi connectivity index (χ3n) is 7.47. The van der Waals surface area contributed by atoms with Crippen LogP contribution < -0.4 is 11.5 Å². The maximum atomic E-state index is 9.99. The molecule has 2 fully saturated rings. The molecule has 0 bridgehead atoms. The van der Waals surface area contributed by atoms with Crippen molar-refractivity contribution < 1.29 is 19.7 Å². The monoisotopic (exact) mass is 630 g/mol. The predicted molar refractivity (Wildman–Crippen MR) is 174 cm³/mol. The molecule has 0 saturated carbocycles. The smallest absolute Gasteiger partial charge is 0.189 e. The van der Waals surface area contributed by atoms with Crippen molar-refractivity contribution in [3.8, 4) is 11.1 Å². The van der Waals surface area contributed by atoms with Gasteiger partial charge in [0.2, 0.25) is 0 Å². The second-order valence-electron chi connectivity index (χ2n) is 11.0. The molecule has 6 N–H and O–H groups in total. The number of likely N-dealkylation sites (tertiary alicyclic amines) is 2. The first-order valence-electron chi connectivity index (χ1n) is 14.1. The van der Waals surface area contributed by atoms with Crippen LogP contribution in [-0.4, -0.2) is 97.0 Å². The zero-order valence-electron chi connectivity index (χ0n) is 24.8. The lowest BCUT2D eigenvalue weighted by Crippen LogP contribution is -2.60. The van der Waals surface area contributed by atoms with E-state index in [1.165, 1.54) is 12.4 Å². The predicted octanol–water partition coefficient (Wildman–Crippen LogP) is 3.79. The van der Waals surface area contributed by atoms with E-state index in [-0.39, 0.29) is 6.10 Å². The van der Waals surface area contributed by atoms with E-state index in [0.29, 0.717) is 108 Å². The summed E-state index contributed by atoms with van der Waals surface area (Å²) in [5.74, 6) is 1.00. The molecule has 43 heavy (non-hydrogen) atoms. The number of nitrogens with two attached hydrogens (primary N) is 2. The Morgan fingerprint density at radius 3 is 1.70 bits per heavy atom. The minimum absolute atomic E-state index is 0.269. The van der Waals surface area contributed by atoms with E-state index in [0.717, 1.165) is 0 Å². The summed E-state index contributed by atoms with van der Waals surface area (Å²) in [5.41, 5.74) is 14.9. The Bertz CT molecular complexity index is 1410. The number of aliphatic imine (C=N–C) groups is 2. The van der Waals surface area contributed by atoms with Crippen LogP contribution >= 0.6 is 23.2 Å². The van der Waals surface area contributed by atoms with E-state index in [1.807, 2.05) is 43.3 Å². The van der Waals surface area contributed by atoms with Gasteiger partial charge in [-0.2, -0.15) is 0 Å². The normalized spacial score (nSPS) is 18.8. The highest BCUT2D eigenvalue weighted by Crippen LogP contribution is 2.40. The highest BCUT2D eigenvalue weighted by molar-refractivity contribution is 6.38. The number of aliphatic hydroxyl groups excluding tert-OH is 1. The largest absolute Gasteiger partial charge is 0.484 e. The molecule has 2 heterocycles. The summed E-state index contributed by atoms with van der Waals surface area (Å²) in [6, 6.07) is 11.1. The fourth-order valence-electron chi connectivity index (χ4n) is 5.23. The Hall–Kier alpha value is -3.12. The van der Waals surface area contributed by atoms with Crippen LogP contribution in [0.1, 0.15) is 30.9 Å². The number of ether oxygens (including phenoxy) is 2. The van der Waals surface area contributed by atoms with Crippen LogP contribution in [0.4, 0.5) is 0 Å². The number of hydrogen-bond donors (Lipinski definition) is 4. The van der Waals surface area contributed by atoms with Gasteiger partial charge in [0.25, 0.3) is 0 Å². The number of halogens is 2. The van der Waals surface area contributed by atoms with E-state index in [4.69, 9.17) is 44.1 Å². The zero-order valence-corrected chi connectivity index (χ0v) is 26.3. The van der Waals surface area contributed by atoms with Crippen molar-refractivity contribution in [1.82, 2.24) is 9.80 Å². The van der Waals surface area contributed by atoms with E-state index in [9.17, 15) is 10.2 Å². The SMILES string of the molecule is COC(CCN1CC(O)C1)=N/C(=C\N)c1cccc(-c2cccc(/C(=C/N)N=C(CCN3CC(C)(O)C3)OC)c2Cl)c1Cl. The Kier molecular flexibility index (Phi) is 11.1. The van der Waals surface area contributed by atoms with Crippen LogP contribution in [0, 0.1) is 0 Å². The molecule has 2 aliphatic rings. The molecule has 0 aromatic heterocycles. The standard InChI is InChI=1S/C31H40Cl2N6O4/c1-31(41)18-39(19-31)13-11-28(43-3)37-26(15-35)24-9-5-7-22(30(24)33)21-6-4-8-23(29(21)32)25(14-34)36-27(42-2)10-12-38-16-20(40)17-38/h4-9,14-15,20,40-41H,10-13,16-19,34-35H2,1-3H3/b25-14-,26-15-,36-27?,37-28?. The maximum Gasteiger partial charge on any atom is 0.189 e. The zero-order chi connectivity index (χ0) is 31.1. The van der Waals surface area contributed by atoms with Gasteiger partial charge in [0.15, 0.2) is 11.8 Å². The summed E-state index contributed by atoms with van der Waals surface area (Å²) < 4.78 is 11.0. The van der Waals surface area contributed by atoms with Crippen molar-refractivity contribution in [3.05, 3.63) is 70.0 Å². The number of aliphatic hydroxyl groups is 2. The average Bonchev–Trinajstić information content (AvgIpc) is 2.96. The minimum atomic E-state index is -0.641. The molecule has 2 saturated heterocycles.